The molecule has 0 saturated carbocycles. The molecular weight excluding hydrogens is 408 g/mol. The van der Waals surface area contributed by atoms with Crippen LogP contribution in [-0.4, -0.2) is 33.8 Å². The van der Waals surface area contributed by atoms with Crippen LogP contribution in [0.4, 0.5) is 0 Å². The van der Waals surface area contributed by atoms with Crippen molar-refractivity contribution < 1.29 is 14.2 Å². The van der Waals surface area contributed by atoms with E-state index >= 15 is 0 Å². The maximum atomic E-state index is 6.57. The van der Waals surface area contributed by atoms with Crippen LogP contribution in [0.5, 0.6) is 5.88 Å². The smallest absolute Gasteiger partial charge is 0.260 e. The van der Waals surface area contributed by atoms with E-state index in [0.717, 1.165) is 22.0 Å². The number of hydrogen-bond donors (Lipinski definition) is 4. The van der Waals surface area contributed by atoms with Gasteiger partial charge in [0.2, 0.25) is 0 Å². The van der Waals surface area contributed by atoms with Gasteiger partial charge in [0.1, 0.15) is 18.1 Å². The van der Waals surface area contributed by atoms with Crippen molar-refractivity contribution in [2.75, 3.05) is 13.4 Å². The van der Waals surface area contributed by atoms with Crippen LogP contribution in [0.15, 0.2) is 66.5 Å². The van der Waals surface area contributed by atoms with Crippen LogP contribution in [-0.2, 0) is 16.1 Å². The number of nitrogens with zero attached hydrogens (tertiary/aromatic N) is 2. The number of benzene rings is 2. The summed E-state index contributed by atoms with van der Waals surface area (Å²) in [5, 5.41) is 11.7. The molecule has 4 aromatic rings. The Kier molecular flexibility index (Phi) is 6.69. The fourth-order valence-corrected chi connectivity index (χ4v) is 3.31. The van der Waals surface area contributed by atoms with Gasteiger partial charge in [-0.25, -0.2) is 0 Å². The van der Waals surface area contributed by atoms with Crippen molar-refractivity contribution in [2.45, 2.75) is 19.6 Å². The minimum Gasteiger partial charge on any atom is -0.486 e. The SMILES string of the molecule is CCOCOc1n[nH]nc1C(N)C(N)=C(OCc1ccccc1)c1c[nH]c2ccccc12. The Bertz CT molecular complexity index is 1180. The lowest BCUT2D eigenvalue weighted by molar-refractivity contribution is 0.0189. The quantitative estimate of drug-likeness (QED) is 0.171. The number of rotatable bonds is 10. The average Bonchev–Trinajstić information content (AvgIpc) is 3.47. The zero-order chi connectivity index (χ0) is 22.3. The number of hydrogen-bond acceptors (Lipinski definition) is 7. The van der Waals surface area contributed by atoms with Crippen LogP contribution < -0.4 is 16.2 Å². The highest BCUT2D eigenvalue weighted by molar-refractivity contribution is 5.91. The lowest BCUT2D eigenvalue weighted by Crippen LogP contribution is -2.22. The third-order valence-electron chi connectivity index (χ3n) is 4.98. The molecule has 2 aromatic carbocycles. The summed E-state index contributed by atoms with van der Waals surface area (Å²) in [5.41, 5.74) is 16.5. The van der Waals surface area contributed by atoms with E-state index in [0.29, 0.717) is 30.4 Å². The number of nitrogens with two attached hydrogens (primary N) is 2. The Morgan fingerprint density at radius 3 is 2.66 bits per heavy atom. The molecule has 0 aliphatic carbocycles. The topological polar surface area (TPSA) is 137 Å². The zero-order valence-electron chi connectivity index (χ0n) is 17.7. The molecule has 0 aliphatic heterocycles. The van der Waals surface area contributed by atoms with E-state index in [1.54, 1.807) is 0 Å². The summed E-state index contributed by atoms with van der Waals surface area (Å²) in [6.45, 7) is 2.75. The average molecular weight is 435 g/mol. The first-order valence-corrected chi connectivity index (χ1v) is 10.3. The number of para-hydroxylation sites is 1. The van der Waals surface area contributed by atoms with Crippen LogP contribution in [0.1, 0.15) is 29.8 Å². The van der Waals surface area contributed by atoms with Crippen molar-refractivity contribution in [3.8, 4) is 5.88 Å². The number of aromatic amines is 2. The highest BCUT2D eigenvalue weighted by Gasteiger charge is 2.25. The number of H-pyrrole nitrogens is 2. The molecule has 9 nitrogen and oxygen atoms in total. The van der Waals surface area contributed by atoms with Crippen molar-refractivity contribution in [2.24, 2.45) is 11.5 Å². The Hall–Kier alpha value is -3.82. The van der Waals surface area contributed by atoms with Crippen LogP contribution in [0, 0.1) is 0 Å². The molecule has 1 unspecified atom stereocenters. The molecule has 9 heteroatoms. The third kappa shape index (κ3) is 4.58. The van der Waals surface area contributed by atoms with E-state index in [2.05, 4.69) is 20.4 Å². The monoisotopic (exact) mass is 434 g/mol. The molecule has 0 amide bonds. The summed E-state index contributed by atoms with van der Waals surface area (Å²) >= 11 is 0. The first-order chi connectivity index (χ1) is 15.7. The molecule has 6 N–H and O–H groups in total. The summed E-state index contributed by atoms with van der Waals surface area (Å²) in [6, 6.07) is 16.9. The van der Waals surface area contributed by atoms with E-state index in [9.17, 15) is 0 Å². The molecule has 32 heavy (non-hydrogen) atoms. The van der Waals surface area contributed by atoms with Gasteiger partial charge in [0, 0.05) is 29.3 Å². The molecule has 0 radical (unpaired) electrons. The molecule has 2 heterocycles. The first-order valence-electron chi connectivity index (χ1n) is 10.3. The molecule has 1 atom stereocenters. The van der Waals surface area contributed by atoms with Gasteiger partial charge in [-0.15, -0.1) is 5.10 Å². The summed E-state index contributed by atoms with van der Waals surface area (Å²) in [6.07, 6.45) is 1.86. The Morgan fingerprint density at radius 2 is 1.84 bits per heavy atom. The molecular formula is C23H26N6O3. The second-order valence-electron chi connectivity index (χ2n) is 7.05. The van der Waals surface area contributed by atoms with Crippen LogP contribution in [0.25, 0.3) is 16.7 Å². The van der Waals surface area contributed by atoms with Gasteiger partial charge in [0.25, 0.3) is 5.88 Å². The highest BCUT2D eigenvalue weighted by Crippen LogP contribution is 2.32. The van der Waals surface area contributed by atoms with Gasteiger partial charge in [0.15, 0.2) is 6.79 Å². The molecule has 0 aliphatic rings. The largest absolute Gasteiger partial charge is 0.486 e. The lowest BCUT2D eigenvalue weighted by Gasteiger charge is -2.18. The van der Waals surface area contributed by atoms with Crippen molar-refractivity contribution in [1.29, 1.82) is 0 Å². The number of nitrogens with one attached hydrogen (secondary N) is 2. The standard InChI is InChI=1S/C23H26N6O3/c1-2-30-14-32-23-21(27-29-28-23)19(24)20(25)22(31-13-15-8-4-3-5-9-15)17-12-26-18-11-7-6-10-16(17)18/h3-12,19,26H,2,13-14,24-25H2,1H3,(H,27,28,29). The molecule has 2 aromatic heterocycles. The number of ether oxygens (including phenoxy) is 3. The summed E-state index contributed by atoms with van der Waals surface area (Å²) in [7, 11) is 0. The Labute approximate surface area is 185 Å². The van der Waals surface area contributed by atoms with Gasteiger partial charge in [-0.2, -0.15) is 10.3 Å². The van der Waals surface area contributed by atoms with Crippen molar-refractivity contribution in [1.82, 2.24) is 20.4 Å². The van der Waals surface area contributed by atoms with Gasteiger partial charge in [0.05, 0.1) is 11.7 Å². The van der Waals surface area contributed by atoms with Crippen molar-refractivity contribution in [3.63, 3.8) is 0 Å². The van der Waals surface area contributed by atoms with Crippen molar-refractivity contribution in [3.05, 3.63) is 83.3 Å². The van der Waals surface area contributed by atoms with E-state index in [4.69, 9.17) is 25.7 Å². The predicted octanol–water partition coefficient (Wildman–Crippen LogP) is 3.20. The van der Waals surface area contributed by atoms with Gasteiger partial charge in [-0.1, -0.05) is 48.5 Å². The Balaban J connectivity index is 1.70. The van der Waals surface area contributed by atoms with Gasteiger partial charge in [-0.05, 0) is 18.6 Å². The minimum absolute atomic E-state index is 0.0339. The molecule has 0 bridgehead atoms. The minimum atomic E-state index is -0.815. The zero-order valence-corrected chi connectivity index (χ0v) is 17.7. The highest BCUT2D eigenvalue weighted by atomic mass is 16.7. The number of fused-ring (bicyclic) bond motifs is 1. The Morgan fingerprint density at radius 1 is 1.06 bits per heavy atom. The van der Waals surface area contributed by atoms with E-state index in [-0.39, 0.29) is 12.7 Å². The predicted molar refractivity (Wildman–Crippen MR) is 121 cm³/mol. The van der Waals surface area contributed by atoms with E-state index in [1.807, 2.05) is 67.7 Å². The molecule has 4 rings (SSSR count). The third-order valence-corrected chi connectivity index (χ3v) is 4.98. The normalized spacial score (nSPS) is 13.1. The van der Waals surface area contributed by atoms with E-state index in [1.165, 1.54) is 0 Å². The summed E-state index contributed by atoms with van der Waals surface area (Å²) in [4.78, 5) is 3.26. The molecule has 166 valence electrons. The fourth-order valence-electron chi connectivity index (χ4n) is 3.31. The molecule has 0 saturated heterocycles. The summed E-state index contributed by atoms with van der Waals surface area (Å²) in [5.74, 6) is 0.702. The van der Waals surface area contributed by atoms with E-state index < -0.39 is 6.04 Å². The molecule has 0 fully saturated rings. The second-order valence-corrected chi connectivity index (χ2v) is 7.05. The maximum Gasteiger partial charge on any atom is 0.260 e. The fraction of sp³-hybridized carbons (Fsp3) is 0.217. The van der Waals surface area contributed by atoms with Gasteiger partial charge in [-0.3, -0.25) is 0 Å². The molecule has 0 spiro atoms. The van der Waals surface area contributed by atoms with Gasteiger partial charge < -0.3 is 30.7 Å². The second kappa shape index (κ2) is 9.99. The van der Waals surface area contributed by atoms with Crippen LogP contribution in [0.3, 0.4) is 0 Å². The van der Waals surface area contributed by atoms with Crippen molar-refractivity contribution >= 4 is 16.7 Å². The lowest BCUT2D eigenvalue weighted by atomic mass is 10.1. The van der Waals surface area contributed by atoms with Crippen LogP contribution in [0.2, 0.25) is 0 Å². The maximum absolute atomic E-state index is 6.57. The van der Waals surface area contributed by atoms with Gasteiger partial charge >= 0.3 is 0 Å². The van der Waals surface area contributed by atoms with Crippen LogP contribution >= 0.6 is 0 Å². The summed E-state index contributed by atoms with van der Waals surface area (Å²) < 4.78 is 17.0. The first kappa shape index (κ1) is 21.4. The number of aromatic nitrogens is 4.